The lowest BCUT2D eigenvalue weighted by molar-refractivity contribution is -0.119. The standard InChI is InChI=1S/C19H22O3/c1-2-16-13-19(11-9-17(16)14-20)22-12-4-7-18(21)10-8-15-5-3-6-15/h3,5-6,9,11,13-14H,2,4,7-8,10,12H2,1H3. The number of hydrogen-bond acceptors (Lipinski definition) is 3. The number of aldehydes is 1. The minimum absolute atomic E-state index is 0.287. The van der Waals surface area contributed by atoms with Gasteiger partial charge in [-0.25, -0.2) is 0 Å². The molecule has 0 unspecified atom stereocenters. The third kappa shape index (κ3) is 4.69. The first-order valence-electron chi connectivity index (χ1n) is 7.82. The molecule has 0 N–H and O–H groups in total. The zero-order valence-corrected chi connectivity index (χ0v) is 13.0. The van der Waals surface area contributed by atoms with Crippen LogP contribution in [0.4, 0.5) is 0 Å². The van der Waals surface area contributed by atoms with Crippen molar-refractivity contribution in [3.05, 3.63) is 53.1 Å². The lowest BCUT2D eigenvalue weighted by Gasteiger charge is -2.09. The number of Topliss-reactive ketones (excluding diaryl/α,β-unsaturated/α-hetero) is 1. The SMILES string of the molecule is CCc1cc(OCCCC(=O)CCC2=CC=C2)ccc1C=O. The van der Waals surface area contributed by atoms with Gasteiger partial charge in [-0.3, -0.25) is 9.59 Å². The lowest BCUT2D eigenvalue weighted by atomic mass is 10.0. The van der Waals surface area contributed by atoms with Crippen molar-refractivity contribution >= 4 is 12.1 Å². The van der Waals surface area contributed by atoms with Gasteiger partial charge in [-0.05, 0) is 48.6 Å². The molecule has 0 saturated heterocycles. The van der Waals surface area contributed by atoms with Crippen LogP contribution in [0.3, 0.4) is 0 Å². The number of benzene rings is 1. The highest BCUT2D eigenvalue weighted by molar-refractivity contribution is 5.79. The van der Waals surface area contributed by atoms with Crippen molar-refractivity contribution in [1.82, 2.24) is 0 Å². The molecule has 0 aliphatic heterocycles. The summed E-state index contributed by atoms with van der Waals surface area (Å²) >= 11 is 0. The maximum Gasteiger partial charge on any atom is 0.150 e. The Labute approximate surface area is 131 Å². The first kappa shape index (κ1) is 16.2. The number of ether oxygens (including phenoxy) is 1. The quantitative estimate of drug-likeness (QED) is 0.483. The minimum atomic E-state index is 0.287. The van der Waals surface area contributed by atoms with Crippen LogP contribution < -0.4 is 4.74 Å². The van der Waals surface area contributed by atoms with Crippen LogP contribution in [0.1, 0.15) is 48.5 Å². The van der Waals surface area contributed by atoms with Gasteiger partial charge in [0.1, 0.15) is 17.8 Å². The Morgan fingerprint density at radius 1 is 1.27 bits per heavy atom. The van der Waals surface area contributed by atoms with Crippen LogP contribution in [0.15, 0.2) is 42.0 Å². The van der Waals surface area contributed by atoms with Crippen LogP contribution in [0.5, 0.6) is 5.75 Å². The summed E-state index contributed by atoms with van der Waals surface area (Å²) < 4.78 is 5.67. The van der Waals surface area contributed by atoms with Gasteiger partial charge >= 0.3 is 0 Å². The summed E-state index contributed by atoms with van der Waals surface area (Å²) in [6.07, 6.45) is 10.5. The maximum absolute atomic E-state index is 11.7. The number of ketones is 1. The summed E-state index contributed by atoms with van der Waals surface area (Å²) in [5.74, 6) is 1.05. The molecule has 2 rings (SSSR count). The molecule has 0 bridgehead atoms. The van der Waals surface area contributed by atoms with Gasteiger partial charge in [0.15, 0.2) is 0 Å². The van der Waals surface area contributed by atoms with Crippen LogP contribution >= 0.6 is 0 Å². The van der Waals surface area contributed by atoms with Gasteiger partial charge in [0.05, 0.1) is 6.61 Å². The molecule has 1 aromatic rings. The first-order valence-corrected chi connectivity index (χ1v) is 7.82. The van der Waals surface area contributed by atoms with Gasteiger partial charge in [0.2, 0.25) is 0 Å². The van der Waals surface area contributed by atoms with Crippen molar-refractivity contribution in [2.45, 2.75) is 39.0 Å². The molecule has 0 heterocycles. The fourth-order valence-electron chi connectivity index (χ4n) is 2.36. The van der Waals surface area contributed by atoms with Crippen molar-refractivity contribution in [1.29, 1.82) is 0 Å². The fraction of sp³-hybridized carbons (Fsp3) is 0.368. The van der Waals surface area contributed by atoms with Crippen LogP contribution in [0.2, 0.25) is 0 Å². The average molecular weight is 298 g/mol. The molecule has 0 radical (unpaired) electrons. The highest BCUT2D eigenvalue weighted by Crippen LogP contribution is 2.18. The highest BCUT2D eigenvalue weighted by atomic mass is 16.5. The fourth-order valence-corrected chi connectivity index (χ4v) is 2.36. The Kier molecular flexibility index (Phi) is 6.13. The summed E-state index contributed by atoms with van der Waals surface area (Å²) in [7, 11) is 0. The number of rotatable bonds is 10. The van der Waals surface area contributed by atoms with E-state index in [0.29, 0.717) is 25.0 Å². The molecule has 116 valence electrons. The van der Waals surface area contributed by atoms with E-state index in [1.807, 2.05) is 31.2 Å². The highest BCUT2D eigenvalue weighted by Gasteiger charge is 2.06. The molecule has 22 heavy (non-hydrogen) atoms. The largest absolute Gasteiger partial charge is 0.494 e. The maximum atomic E-state index is 11.7. The first-order chi connectivity index (χ1) is 10.7. The van der Waals surface area contributed by atoms with Gasteiger partial charge in [-0.1, -0.05) is 25.2 Å². The molecule has 1 aliphatic rings. The average Bonchev–Trinajstić information content (AvgIpc) is 2.49. The van der Waals surface area contributed by atoms with E-state index >= 15 is 0 Å². The summed E-state index contributed by atoms with van der Waals surface area (Å²) in [4.78, 5) is 22.6. The van der Waals surface area contributed by atoms with Crippen molar-refractivity contribution < 1.29 is 14.3 Å². The Morgan fingerprint density at radius 2 is 2.09 bits per heavy atom. The van der Waals surface area contributed by atoms with Crippen LogP contribution in [0.25, 0.3) is 0 Å². The zero-order chi connectivity index (χ0) is 15.8. The van der Waals surface area contributed by atoms with Crippen LogP contribution in [0, 0.1) is 0 Å². The molecule has 3 nitrogen and oxygen atoms in total. The molecule has 0 atom stereocenters. The molecule has 1 aliphatic carbocycles. The predicted molar refractivity (Wildman–Crippen MR) is 87.4 cm³/mol. The van der Waals surface area contributed by atoms with Crippen molar-refractivity contribution in [3.8, 4) is 5.75 Å². The molecular weight excluding hydrogens is 276 g/mol. The minimum Gasteiger partial charge on any atom is -0.494 e. The van der Waals surface area contributed by atoms with E-state index in [-0.39, 0.29) is 5.78 Å². The number of aryl methyl sites for hydroxylation is 1. The smallest absolute Gasteiger partial charge is 0.150 e. The molecule has 3 heteroatoms. The number of carbonyl (C=O) groups is 2. The summed E-state index contributed by atoms with van der Waals surface area (Å²) in [5.41, 5.74) is 2.96. The van der Waals surface area contributed by atoms with Gasteiger partial charge in [-0.2, -0.15) is 0 Å². The third-order valence-corrected chi connectivity index (χ3v) is 3.80. The van der Waals surface area contributed by atoms with E-state index in [1.54, 1.807) is 12.1 Å². The van der Waals surface area contributed by atoms with Gasteiger partial charge in [-0.15, -0.1) is 0 Å². The van der Waals surface area contributed by atoms with Crippen LogP contribution in [-0.2, 0) is 11.2 Å². The normalized spacial score (nSPS) is 12.5. The Bertz CT molecular complexity index is 597. The van der Waals surface area contributed by atoms with Gasteiger partial charge in [0.25, 0.3) is 0 Å². The van der Waals surface area contributed by atoms with Crippen molar-refractivity contribution in [3.63, 3.8) is 0 Å². The van der Waals surface area contributed by atoms with E-state index in [4.69, 9.17) is 4.74 Å². The van der Waals surface area contributed by atoms with Crippen molar-refractivity contribution in [2.24, 2.45) is 0 Å². The molecular formula is C19H22O3. The van der Waals surface area contributed by atoms with Gasteiger partial charge in [0, 0.05) is 18.4 Å². The number of hydrogen-bond donors (Lipinski definition) is 0. The number of allylic oxidation sites excluding steroid dienone is 4. The molecule has 0 fully saturated rings. The second-order valence-corrected chi connectivity index (χ2v) is 5.42. The predicted octanol–water partition coefficient (Wildman–Crippen LogP) is 4.07. The van der Waals surface area contributed by atoms with E-state index in [9.17, 15) is 9.59 Å². The van der Waals surface area contributed by atoms with Crippen LogP contribution in [-0.4, -0.2) is 18.7 Å². The second-order valence-electron chi connectivity index (χ2n) is 5.42. The van der Waals surface area contributed by atoms with E-state index in [2.05, 4.69) is 0 Å². The molecule has 0 aromatic heterocycles. The molecule has 0 spiro atoms. The zero-order valence-electron chi connectivity index (χ0n) is 13.0. The van der Waals surface area contributed by atoms with Gasteiger partial charge < -0.3 is 4.74 Å². The Balaban J connectivity index is 1.67. The third-order valence-electron chi connectivity index (χ3n) is 3.80. The monoisotopic (exact) mass is 298 g/mol. The van der Waals surface area contributed by atoms with Crippen molar-refractivity contribution in [2.75, 3.05) is 6.61 Å². The topological polar surface area (TPSA) is 43.4 Å². The molecule has 0 saturated carbocycles. The Hall–Kier alpha value is -2.16. The number of carbonyl (C=O) groups excluding carboxylic acids is 2. The second kappa shape index (κ2) is 8.32. The molecule has 0 amide bonds. The summed E-state index contributed by atoms with van der Waals surface area (Å²) in [6, 6.07) is 5.49. The van der Waals surface area contributed by atoms with E-state index in [1.165, 1.54) is 5.57 Å². The van der Waals surface area contributed by atoms with E-state index < -0.39 is 0 Å². The summed E-state index contributed by atoms with van der Waals surface area (Å²) in [5, 5.41) is 0. The molecule has 1 aromatic carbocycles. The van der Waals surface area contributed by atoms with E-state index in [0.717, 1.165) is 36.9 Å². The summed E-state index contributed by atoms with van der Waals surface area (Å²) in [6.45, 7) is 2.54. The lowest BCUT2D eigenvalue weighted by Crippen LogP contribution is -2.04. The Morgan fingerprint density at radius 3 is 2.73 bits per heavy atom.